The van der Waals surface area contributed by atoms with Crippen LogP contribution in [0.15, 0.2) is 72.9 Å². The lowest BCUT2D eigenvalue weighted by Crippen LogP contribution is -2.22. The van der Waals surface area contributed by atoms with Crippen LogP contribution in [0.5, 0.6) is 0 Å². The van der Waals surface area contributed by atoms with E-state index in [1.165, 1.54) is 0 Å². The van der Waals surface area contributed by atoms with E-state index in [2.05, 4.69) is 73.0 Å². The molecule has 5 nitrogen and oxygen atoms in total. The van der Waals surface area contributed by atoms with E-state index in [-0.39, 0.29) is 17.8 Å². The Morgan fingerprint density at radius 2 is 1.09 bits per heavy atom. The highest BCUT2D eigenvalue weighted by molar-refractivity contribution is 5.87. The molecule has 0 aromatic rings. The van der Waals surface area contributed by atoms with Crippen LogP contribution in [0.4, 0.5) is 0 Å². The van der Waals surface area contributed by atoms with E-state index in [4.69, 9.17) is 9.59 Å². The Hall–Kier alpha value is -3.04. The third-order valence-corrected chi connectivity index (χ3v) is 4.42. The lowest BCUT2D eigenvalue weighted by Gasteiger charge is -2.02. The van der Waals surface area contributed by atoms with Crippen LogP contribution in [0, 0.1) is 0 Å². The van der Waals surface area contributed by atoms with Crippen molar-refractivity contribution in [3.63, 3.8) is 0 Å². The molecule has 0 radical (unpaired) electrons. The highest BCUT2D eigenvalue weighted by Crippen LogP contribution is 2.03. The highest BCUT2D eigenvalue weighted by Gasteiger charge is 2.01. The summed E-state index contributed by atoms with van der Waals surface area (Å²) in [7, 11) is 0. The van der Waals surface area contributed by atoms with Crippen LogP contribution in [0.3, 0.4) is 0 Å². The van der Waals surface area contributed by atoms with Crippen LogP contribution in [0.2, 0.25) is 0 Å². The topological polar surface area (TPSA) is 80.3 Å². The molecule has 5 heteroatoms. The van der Waals surface area contributed by atoms with E-state index >= 15 is 0 Å². The molecule has 34 heavy (non-hydrogen) atoms. The zero-order valence-electron chi connectivity index (χ0n) is 21.0. The first-order chi connectivity index (χ1) is 16.6. The fraction of sp³-hybridized carbons (Fsp3) is 0.483. The first kappa shape index (κ1) is 33.1. The molecule has 0 saturated heterocycles. The maximum atomic E-state index is 11.8. The van der Waals surface area contributed by atoms with Crippen molar-refractivity contribution in [3.8, 4) is 0 Å². The zero-order chi connectivity index (χ0) is 25.5. The van der Waals surface area contributed by atoms with Crippen molar-refractivity contribution in [1.29, 1.82) is 0 Å². The zero-order valence-corrected chi connectivity index (χ0v) is 21.0. The predicted octanol–water partition coefficient (Wildman–Crippen LogP) is 6.76. The quantitative estimate of drug-likeness (QED) is 0.129. The Bertz CT molecular complexity index is 706. The third-order valence-electron chi connectivity index (χ3n) is 4.42. The molecule has 0 aromatic heterocycles. The van der Waals surface area contributed by atoms with Gasteiger partial charge < -0.3 is 5.32 Å². The summed E-state index contributed by atoms with van der Waals surface area (Å²) in [5, 5.41) is 2.79. The van der Waals surface area contributed by atoms with Gasteiger partial charge in [-0.1, -0.05) is 80.7 Å². The fourth-order valence-electron chi connectivity index (χ4n) is 2.69. The minimum atomic E-state index is -0.0762. The number of amides is 1. The van der Waals surface area contributed by atoms with Gasteiger partial charge in [0.25, 0.3) is 0 Å². The molecule has 0 atom stereocenters. The summed E-state index contributed by atoms with van der Waals surface area (Å²) in [6.45, 7) is 4.70. The van der Waals surface area contributed by atoms with Gasteiger partial charge in [-0.15, -0.1) is 0 Å². The van der Waals surface area contributed by atoms with Crippen molar-refractivity contribution in [3.05, 3.63) is 72.9 Å². The van der Waals surface area contributed by atoms with Gasteiger partial charge in [0, 0.05) is 19.4 Å². The summed E-state index contributed by atoms with van der Waals surface area (Å²) in [6, 6.07) is 0. The summed E-state index contributed by atoms with van der Waals surface area (Å²) in [5.41, 5.74) is 0. The normalized spacial score (nSPS) is 11.7. The summed E-state index contributed by atoms with van der Waals surface area (Å²) in [4.78, 5) is 39.5. The molecule has 0 aliphatic heterocycles. The summed E-state index contributed by atoms with van der Waals surface area (Å²) in [5.74, 6) is 0.207. The maximum Gasteiger partial charge on any atom is 0.373 e. The number of nitrogens with one attached hydrogen (secondary N) is 1. The number of rotatable bonds is 19. The second kappa shape index (κ2) is 30.0. The van der Waals surface area contributed by atoms with Gasteiger partial charge in [-0.05, 0) is 63.9 Å². The van der Waals surface area contributed by atoms with Crippen molar-refractivity contribution in [1.82, 2.24) is 5.32 Å². The van der Waals surface area contributed by atoms with Gasteiger partial charge in [0.1, 0.15) is 5.78 Å². The van der Waals surface area contributed by atoms with Gasteiger partial charge >= 0.3 is 6.15 Å². The molecule has 1 amide bonds. The molecule has 0 rings (SSSR count). The van der Waals surface area contributed by atoms with Gasteiger partial charge in [-0.3, -0.25) is 9.59 Å². The molecule has 0 aliphatic rings. The Morgan fingerprint density at radius 3 is 1.59 bits per heavy atom. The first-order valence-electron chi connectivity index (χ1n) is 12.3. The van der Waals surface area contributed by atoms with Crippen molar-refractivity contribution in [2.24, 2.45) is 0 Å². The van der Waals surface area contributed by atoms with Gasteiger partial charge in [0.05, 0.1) is 0 Å². The van der Waals surface area contributed by atoms with Crippen LogP contribution >= 0.6 is 0 Å². The molecule has 0 fully saturated rings. The molecule has 0 heterocycles. The lowest BCUT2D eigenvalue weighted by molar-refractivity contribution is -0.191. The first-order valence-corrected chi connectivity index (χ1v) is 12.3. The fourth-order valence-corrected chi connectivity index (χ4v) is 2.69. The van der Waals surface area contributed by atoms with E-state index in [1.807, 2.05) is 13.0 Å². The molecule has 1 N–H and O–H groups in total. The second-order valence-corrected chi connectivity index (χ2v) is 7.43. The van der Waals surface area contributed by atoms with Crippen molar-refractivity contribution < 1.29 is 19.2 Å². The van der Waals surface area contributed by atoms with E-state index in [0.717, 1.165) is 51.4 Å². The SMILES string of the molecule is CC/C=C\C/C=C\C/C=C\C/C=C\C/C=C\CCCC(=O)CCCNC(=O)/C=C/CC.O=C=O. The van der Waals surface area contributed by atoms with Gasteiger partial charge in [-0.25, -0.2) is 0 Å². The molecule has 0 saturated carbocycles. The number of Topliss-reactive ketones (excluding diaryl/α,β-unsaturated/α-hetero) is 1. The van der Waals surface area contributed by atoms with Crippen molar-refractivity contribution in [2.75, 3.05) is 6.54 Å². The maximum absolute atomic E-state index is 11.8. The number of hydrogen-bond acceptors (Lipinski definition) is 4. The molecule has 0 unspecified atom stereocenters. The van der Waals surface area contributed by atoms with Crippen molar-refractivity contribution in [2.45, 2.75) is 84.5 Å². The number of carbonyl (C=O) groups excluding carboxylic acids is 4. The van der Waals surface area contributed by atoms with Gasteiger partial charge in [-0.2, -0.15) is 9.59 Å². The molecule has 0 spiro atoms. The standard InChI is InChI=1S/C28H43NO2.CO2/c1-3-5-7-8-9-10-11-12-13-14-15-16-17-18-19-20-21-23-27(30)24-22-26-29-28(31)25-6-4-2;2-1-3/h5-7,9-10,12-13,15-16,18-19,25H,3-4,8,11,14,17,20-24,26H2,1-2H3,(H,29,31);/b7-5-,10-9-,13-12-,16-15-,19-18-,25-6+;. The van der Waals surface area contributed by atoms with Crippen molar-refractivity contribution >= 4 is 17.8 Å². The third kappa shape index (κ3) is 31.1. The smallest absolute Gasteiger partial charge is 0.353 e. The largest absolute Gasteiger partial charge is 0.373 e. The van der Waals surface area contributed by atoms with Gasteiger partial charge in [0.2, 0.25) is 5.91 Å². The van der Waals surface area contributed by atoms with Crippen LogP contribution < -0.4 is 5.32 Å². The number of unbranched alkanes of at least 4 members (excludes halogenated alkanes) is 1. The van der Waals surface area contributed by atoms with Gasteiger partial charge in [0.15, 0.2) is 0 Å². The van der Waals surface area contributed by atoms with Crippen LogP contribution in [0.25, 0.3) is 0 Å². The van der Waals surface area contributed by atoms with Crippen LogP contribution in [0.1, 0.15) is 84.5 Å². The highest BCUT2D eigenvalue weighted by atomic mass is 16.2. The lowest BCUT2D eigenvalue weighted by atomic mass is 10.1. The summed E-state index contributed by atoms with van der Waals surface area (Å²) in [6.07, 6.45) is 35.1. The Kier molecular flexibility index (Phi) is 29.2. The van der Waals surface area contributed by atoms with E-state index in [0.29, 0.717) is 25.8 Å². The molecular formula is C29H43NO4. The number of ketones is 1. The predicted molar refractivity (Wildman–Crippen MR) is 140 cm³/mol. The Balaban J connectivity index is 0. The molecule has 0 aromatic carbocycles. The summed E-state index contributed by atoms with van der Waals surface area (Å²) >= 11 is 0. The van der Waals surface area contributed by atoms with Crippen LogP contribution in [-0.4, -0.2) is 24.4 Å². The Morgan fingerprint density at radius 1 is 0.647 bits per heavy atom. The van der Waals surface area contributed by atoms with Crippen LogP contribution in [-0.2, 0) is 19.2 Å². The monoisotopic (exact) mass is 469 g/mol. The number of allylic oxidation sites excluding steroid dienone is 11. The number of hydrogen-bond donors (Lipinski definition) is 1. The molecule has 188 valence electrons. The summed E-state index contributed by atoms with van der Waals surface area (Å²) < 4.78 is 0. The number of carbonyl (C=O) groups is 2. The second-order valence-electron chi connectivity index (χ2n) is 7.43. The Labute approximate surface area is 206 Å². The van der Waals surface area contributed by atoms with E-state index < -0.39 is 0 Å². The average Bonchev–Trinajstić information content (AvgIpc) is 2.83. The minimum absolute atomic E-state index is 0.0762. The minimum Gasteiger partial charge on any atom is -0.353 e. The van der Waals surface area contributed by atoms with E-state index in [1.54, 1.807) is 6.08 Å². The molecular weight excluding hydrogens is 426 g/mol. The molecule has 0 aliphatic carbocycles. The molecule has 0 bridgehead atoms. The average molecular weight is 470 g/mol. The van der Waals surface area contributed by atoms with E-state index in [9.17, 15) is 9.59 Å².